The Balaban J connectivity index is 2.38. The third-order valence-corrected chi connectivity index (χ3v) is 2.32. The second kappa shape index (κ2) is 5.51. The van der Waals surface area contributed by atoms with Crippen LogP contribution in [0.1, 0.15) is 5.56 Å². The Hall–Kier alpha value is -2.80. The fourth-order valence-electron chi connectivity index (χ4n) is 1.50. The molecule has 88 valence electrons. The van der Waals surface area contributed by atoms with E-state index in [1.165, 1.54) is 0 Å². The SMILES string of the molecule is N#C/C(=N\O)c1ccccc1Oc1ccccc1. The van der Waals surface area contributed by atoms with E-state index in [1.54, 1.807) is 36.4 Å². The van der Waals surface area contributed by atoms with Crippen molar-refractivity contribution in [1.29, 1.82) is 5.26 Å². The van der Waals surface area contributed by atoms with Crippen LogP contribution >= 0.6 is 0 Å². The van der Waals surface area contributed by atoms with E-state index in [1.807, 2.05) is 24.3 Å². The van der Waals surface area contributed by atoms with Crippen molar-refractivity contribution in [3.05, 3.63) is 60.2 Å². The molecule has 0 aliphatic carbocycles. The zero-order valence-corrected chi connectivity index (χ0v) is 9.45. The molecule has 2 aromatic carbocycles. The lowest BCUT2D eigenvalue weighted by Gasteiger charge is -2.08. The molecule has 0 fully saturated rings. The number of ether oxygens (including phenoxy) is 1. The number of nitrogens with zero attached hydrogens (tertiary/aromatic N) is 2. The van der Waals surface area contributed by atoms with Crippen molar-refractivity contribution in [2.24, 2.45) is 5.16 Å². The molecule has 0 unspecified atom stereocenters. The van der Waals surface area contributed by atoms with Gasteiger partial charge in [0.25, 0.3) is 0 Å². The van der Waals surface area contributed by atoms with Crippen molar-refractivity contribution in [3.8, 4) is 17.6 Å². The van der Waals surface area contributed by atoms with Crippen molar-refractivity contribution >= 4 is 5.71 Å². The molecule has 0 spiro atoms. The highest BCUT2D eigenvalue weighted by molar-refractivity contribution is 6.12. The molecule has 0 amide bonds. The third-order valence-electron chi connectivity index (χ3n) is 2.32. The fourth-order valence-corrected chi connectivity index (χ4v) is 1.50. The van der Waals surface area contributed by atoms with Crippen molar-refractivity contribution < 1.29 is 9.94 Å². The molecule has 0 saturated carbocycles. The smallest absolute Gasteiger partial charge is 0.190 e. The summed E-state index contributed by atoms with van der Waals surface area (Å²) in [7, 11) is 0. The average molecular weight is 238 g/mol. The Morgan fingerprint density at radius 3 is 2.39 bits per heavy atom. The Kier molecular flexibility index (Phi) is 3.57. The molecule has 0 bridgehead atoms. The van der Waals surface area contributed by atoms with Gasteiger partial charge >= 0.3 is 0 Å². The number of hydrogen-bond acceptors (Lipinski definition) is 4. The van der Waals surface area contributed by atoms with Gasteiger partial charge in [-0.1, -0.05) is 35.5 Å². The molecule has 0 saturated heterocycles. The zero-order valence-electron chi connectivity index (χ0n) is 9.45. The second-order valence-corrected chi connectivity index (χ2v) is 3.47. The number of rotatable bonds is 3. The minimum atomic E-state index is -0.0819. The zero-order chi connectivity index (χ0) is 12.8. The molecule has 0 radical (unpaired) electrons. The molecule has 0 aromatic heterocycles. The van der Waals surface area contributed by atoms with Gasteiger partial charge in [0.15, 0.2) is 5.71 Å². The van der Waals surface area contributed by atoms with E-state index in [0.717, 1.165) is 0 Å². The molecule has 1 N–H and O–H groups in total. The van der Waals surface area contributed by atoms with E-state index in [2.05, 4.69) is 5.16 Å². The third kappa shape index (κ3) is 2.47. The highest BCUT2D eigenvalue weighted by Gasteiger charge is 2.10. The van der Waals surface area contributed by atoms with Crippen molar-refractivity contribution in [1.82, 2.24) is 0 Å². The Bertz CT molecular complexity index is 601. The summed E-state index contributed by atoms with van der Waals surface area (Å²) in [5.74, 6) is 1.12. The van der Waals surface area contributed by atoms with Gasteiger partial charge in [0.1, 0.15) is 17.6 Å². The average Bonchev–Trinajstić information content (AvgIpc) is 2.43. The Morgan fingerprint density at radius 2 is 1.72 bits per heavy atom. The molecule has 18 heavy (non-hydrogen) atoms. The summed E-state index contributed by atoms with van der Waals surface area (Å²) in [6.07, 6.45) is 0. The first kappa shape index (κ1) is 11.7. The quantitative estimate of drug-likeness (QED) is 0.507. The lowest BCUT2D eigenvalue weighted by Crippen LogP contribution is -2.00. The molecule has 2 rings (SSSR count). The van der Waals surface area contributed by atoms with Gasteiger partial charge < -0.3 is 9.94 Å². The molecule has 0 heterocycles. The highest BCUT2D eigenvalue weighted by atomic mass is 16.5. The van der Waals surface area contributed by atoms with E-state index >= 15 is 0 Å². The topological polar surface area (TPSA) is 65.6 Å². The molecular formula is C14H10N2O2. The maximum Gasteiger partial charge on any atom is 0.190 e. The normalized spacial score (nSPS) is 10.7. The largest absolute Gasteiger partial charge is 0.457 e. The Morgan fingerprint density at radius 1 is 1.06 bits per heavy atom. The van der Waals surface area contributed by atoms with Crippen molar-refractivity contribution in [2.45, 2.75) is 0 Å². The van der Waals surface area contributed by atoms with Crippen LogP contribution in [-0.4, -0.2) is 10.9 Å². The second-order valence-electron chi connectivity index (χ2n) is 3.47. The van der Waals surface area contributed by atoms with E-state index in [9.17, 15) is 0 Å². The van der Waals surface area contributed by atoms with Gasteiger partial charge in [0.2, 0.25) is 0 Å². The van der Waals surface area contributed by atoms with E-state index in [4.69, 9.17) is 15.2 Å². The predicted molar refractivity (Wildman–Crippen MR) is 66.9 cm³/mol. The number of benzene rings is 2. The van der Waals surface area contributed by atoms with Crippen LogP contribution in [0.4, 0.5) is 0 Å². The van der Waals surface area contributed by atoms with Crippen LogP contribution in [0.25, 0.3) is 0 Å². The van der Waals surface area contributed by atoms with Gasteiger partial charge in [-0.3, -0.25) is 0 Å². The van der Waals surface area contributed by atoms with Gasteiger partial charge in [-0.05, 0) is 24.3 Å². The number of hydrogen-bond donors (Lipinski definition) is 1. The fraction of sp³-hybridized carbons (Fsp3) is 0. The first-order valence-corrected chi connectivity index (χ1v) is 5.29. The number of nitriles is 1. The van der Waals surface area contributed by atoms with Crippen LogP contribution in [0.5, 0.6) is 11.5 Å². The summed E-state index contributed by atoms with van der Waals surface area (Å²) in [6, 6.07) is 17.9. The summed E-state index contributed by atoms with van der Waals surface area (Å²) in [5, 5.41) is 20.6. The summed E-state index contributed by atoms with van der Waals surface area (Å²) in [5.41, 5.74) is 0.368. The first-order valence-electron chi connectivity index (χ1n) is 5.29. The standard InChI is InChI=1S/C14H10N2O2/c15-10-13(16-17)12-8-4-5-9-14(12)18-11-6-2-1-3-7-11/h1-9,17H/b16-13+. The van der Waals surface area contributed by atoms with Gasteiger partial charge in [0.05, 0.1) is 5.56 Å². The van der Waals surface area contributed by atoms with Crippen LogP contribution < -0.4 is 4.74 Å². The summed E-state index contributed by atoms with van der Waals surface area (Å²) >= 11 is 0. The number of para-hydroxylation sites is 2. The number of oxime groups is 1. The van der Waals surface area contributed by atoms with Gasteiger partial charge in [-0.25, -0.2) is 0 Å². The molecule has 4 heteroatoms. The van der Waals surface area contributed by atoms with Crippen LogP contribution in [0, 0.1) is 11.3 Å². The Labute approximate surface area is 104 Å². The minimum absolute atomic E-state index is 0.0819. The molecule has 0 aliphatic heterocycles. The molecule has 0 aliphatic rings. The summed E-state index contributed by atoms with van der Waals surface area (Å²) in [4.78, 5) is 0. The van der Waals surface area contributed by atoms with Gasteiger partial charge in [-0.2, -0.15) is 5.26 Å². The first-order chi connectivity index (χ1) is 8.85. The van der Waals surface area contributed by atoms with Gasteiger partial charge in [0, 0.05) is 0 Å². The maximum atomic E-state index is 8.87. The van der Waals surface area contributed by atoms with E-state index in [0.29, 0.717) is 17.1 Å². The van der Waals surface area contributed by atoms with Crippen LogP contribution in [0.3, 0.4) is 0 Å². The maximum absolute atomic E-state index is 8.87. The van der Waals surface area contributed by atoms with Crippen LogP contribution in [-0.2, 0) is 0 Å². The molecule has 2 aromatic rings. The van der Waals surface area contributed by atoms with E-state index < -0.39 is 0 Å². The highest BCUT2D eigenvalue weighted by Crippen LogP contribution is 2.25. The molecule has 0 atom stereocenters. The van der Waals surface area contributed by atoms with Crippen molar-refractivity contribution in [3.63, 3.8) is 0 Å². The van der Waals surface area contributed by atoms with E-state index in [-0.39, 0.29) is 5.71 Å². The molecular weight excluding hydrogens is 228 g/mol. The predicted octanol–water partition coefficient (Wildman–Crippen LogP) is 3.18. The summed E-state index contributed by atoms with van der Waals surface area (Å²) in [6.45, 7) is 0. The monoisotopic (exact) mass is 238 g/mol. The lowest BCUT2D eigenvalue weighted by atomic mass is 10.1. The van der Waals surface area contributed by atoms with Crippen LogP contribution in [0.2, 0.25) is 0 Å². The minimum Gasteiger partial charge on any atom is -0.457 e. The molecule has 4 nitrogen and oxygen atoms in total. The lowest BCUT2D eigenvalue weighted by molar-refractivity contribution is 0.320. The van der Waals surface area contributed by atoms with Crippen LogP contribution in [0.15, 0.2) is 59.8 Å². The van der Waals surface area contributed by atoms with Gasteiger partial charge in [-0.15, -0.1) is 0 Å². The van der Waals surface area contributed by atoms with Crippen molar-refractivity contribution in [2.75, 3.05) is 0 Å². The summed E-state index contributed by atoms with van der Waals surface area (Å²) < 4.78 is 5.65.